The van der Waals surface area contributed by atoms with Crippen LogP contribution in [-0.4, -0.2) is 68.2 Å². The quantitative estimate of drug-likeness (QED) is 0.326. The normalized spacial score (nSPS) is 21.2. The van der Waals surface area contributed by atoms with E-state index in [9.17, 15) is 4.79 Å². The number of aromatic nitrogens is 5. The third-order valence-electron chi connectivity index (χ3n) is 11.0. The molecule has 9 nitrogen and oxygen atoms in total. The van der Waals surface area contributed by atoms with E-state index in [-0.39, 0.29) is 5.91 Å². The number of piperidine rings is 1. The summed E-state index contributed by atoms with van der Waals surface area (Å²) < 4.78 is 10.1. The van der Waals surface area contributed by atoms with Gasteiger partial charge in [0.25, 0.3) is 0 Å². The first-order valence-corrected chi connectivity index (χ1v) is 16.6. The number of ether oxygens (including phenoxy) is 1. The fourth-order valence-electron chi connectivity index (χ4n) is 8.31. The van der Waals surface area contributed by atoms with E-state index in [4.69, 9.17) is 19.9 Å². The number of nitrogens with zero attached hydrogens (tertiary/aromatic N) is 6. The number of carbonyl (C=O) groups excluding carboxylic acids is 1. The molecule has 0 atom stereocenters. The first-order chi connectivity index (χ1) is 21.6. The van der Waals surface area contributed by atoms with Crippen LogP contribution in [0, 0.1) is 5.41 Å². The lowest BCUT2D eigenvalue weighted by atomic mass is 9.67. The Balaban J connectivity index is 1.09. The molecule has 44 heavy (non-hydrogen) atoms. The van der Waals surface area contributed by atoms with Gasteiger partial charge in [-0.15, -0.1) is 0 Å². The topological polar surface area (TPSA) is 90.1 Å². The third kappa shape index (κ3) is 5.04. The van der Waals surface area contributed by atoms with Crippen molar-refractivity contribution < 1.29 is 9.53 Å². The largest absolute Gasteiger partial charge is 0.381 e. The predicted molar refractivity (Wildman–Crippen MR) is 170 cm³/mol. The monoisotopic (exact) mass is 593 g/mol. The maximum atomic E-state index is 12.4. The van der Waals surface area contributed by atoms with Gasteiger partial charge >= 0.3 is 0 Å². The lowest BCUT2D eigenvalue weighted by molar-refractivity contribution is -0.129. The summed E-state index contributed by atoms with van der Waals surface area (Å²) in [6, 6.07) is 9.44. The number of amides is 1. The summed E-state index contributed by atoms with van der Waals surface area (Å²) in [7, 11) is 0. The molecule has 230 valence electrons. The van der Waals surface area contributed by atoms with Crippen LogP contribution in [0.4, 0.5) is 0 Å². The van der Waals surface area contributed by atoms with Crippen LogP contribution >= 0.6 is 0 Å². The maximum Gasteiger partial charge on any atom is 0.219 e. The highest BCUT2D eigenvalue weighted by Crippen LogP contribution is 2.46. The van der Waals surface area contributed by atoms with Gasteiger partial charge in [0, 0.05) is 79.8 Å². The lowest BCUT2D eigenvalue weighted by Crippen LogP contribution is -2.39. The Morgan fingerprint density at radius 1 is 1.02 bits per heavy atom. The number of carbonyl (C=O) groups is 1. The summed E-state index contributed by atoms with van der Waals surface area (Å²) >= 11 is 0. The Morgan fingerprint density at radius 2 is 1.84 bits per heavy atom. The van der Waals surface area contributed by atoms with Crippen LogP contribution in [-0.2, 0) is 22.5 Å². The molecule has 0 unspecified atom stereocenters. The van der Waals surface area contributed by atoms with Crippen molar-refractivity contribution >= 4 is 16.7 Å². The number of pyridine rings is 1. The van der Waals surface area contributed by atoms with Crippen molar-refractivity contribution in [2.24, 2.45) is 5.41 Å². The van der Waals surface area contributed by atoms with Crippen molar-refractivity contribution in [2.45, 2.75) is 83.3 Å². The van der Waals surface area contributed by atoms with E-state index >= 15 is 0 Å². The molecule has 4 aliphatic rings. The van der Waals surface area contributed by atoms with Gasteiger partial charge in [-0.1, -0.05) is 18.2 Å². The zero-order chi connectivity index (χ0) is 29.7. The summed E-state index contributed by atoms with van der Waals surface area (Å²) in [5.41, 5.74) is 7.08. The highest BCUT2D eigenvalue weighted by Gasteiger charge is 2.37. The second kappa shape index (κ2) is 11.4. The smallest absolute Gasteiger partial charge is 0.219 e. The molecule has 6 heterocycles. The van der Waals surface area contributed by atoms with E-state index in [1.165, 1.54) is 62.9 Å². The number of nitrogens with one attached hydrogen (secondary N) is 1. The Hall–Kier alpha value is -3.56. The Kier molecular flexibility index (Phi) is 7.25. The average Bonchev–Trinajstić information content (AvgIpc) is 3.71. The number of rotatable bonds is 4. The molecule has 1 saturated carbocycles. The Labute approximate surface area is 259 Å². The van der Waals surface area contributed by atoms with Gasteiger partial charge in [0.15, 0.2) is 0 Å². The summed E-state index contributed by atoms with van der Waals surface area (Å²) in [6.07, 6.45) is 16.6. The molecule has 0 radical (unpaired) electrons. The number of fused-ring (bicyclic) bond motifs is 2. The van der Waals surface area contributed by atoms with Crippen LogP contribution in [0.3, 0.4) is 0 Å². The van der Waals surface area contributed by atoms with Gasteiger partial charge in [-0.25, -0.2) is 0 Å². The molecular weight excluding hydrogens is 550 g/mol. The Morgan fingerprint density at radius 3 is 2.64 bits per heavy atom. The van der Waals surface area contributed by atoms with Crippen LogP contribution in [0.2, 0.25) is 0 Å². The summed E-state index contributed by atoms with van der Waals surface area (Å²) in [6.45, 7) is 6.88. The minimum absolute atomic E-state index is 0.115. The minimum atomic E-state index is 0.115. The molecule has 9 heteroatoms. The SMILES string of the molecule is CC(=O)N1CCc2c(c(-c3cccc4cc(-c5cnn(C6CCC7(CCNCC7)CC6)c5)ncc34)nn2C2CCOCC2)C1. The molecule has 1 aromatic carbocycles. The molecule has 4 aromatic rings. The summed E-state index contributed by atoms with van der Waals surface area (Å²) in [4.78, 5) is 19.3. The van der Waals surface area contributed by atoms with E-state index in [0.717, 1.165) is 72.3 Å². The molecule has 1 N–H and O–H groups in total. The van der Waals surface area contributed by atoms with Gasteiger partial charge in [-0.2, -0.15) is 10.2 Å². The van der Waals surface area contributed by atoms with Gasteiger partial charge in [-0.3, -0.25) is 19.1 Å². The number of hydrogen-bond donors (Lipinski definition) is 1. The molecule has 1 aliphatic carbocycles. The molecule has 3 fully saturated rings. The minimum Gasteiger partial charge on any atom is -0.381 e. The van der Waals surface area contributed by atoms with E-state index in [0.29, 0.717) is 24.0 Å². The van der Waals surface area contributed by atoms with Gasteiger partial charge in [0.2, 0.25) is 5.91 Å². The van der Waals surface area contributed by atoms with Crippen LogP contribution in [0.25, 0.3) is 33.3 Å². The molecule has 3 aliphatic heterocycles. The third-order valence-corrected chi connectivity index (χ3v) is 11.0. The van der Waals surface area contributed by atoms with Gasteiger partial charge in [-0.05, 0) is 81.3 Å². The molecule has 0 bridgehead atoms. The Bertz CT molecular complexity index is 1670. The molecule has 8 rings (SSSR count). The predicted octanol–water partition coefficient (Wildman–Crippen LogP) is 5.70. The zero-order valence-electron chi connectivity index (χ0n) is 25.8. The number of benzene rings is 1. The standard InChI is InChI=1S/C35H43N7O2/c1-24(43)40-16-7-33-31(23-40)34(39-42(33)28-8-17-44-18-9-28)29-4-2-3-25-19-32(37-21-30(25)29)26-20-38-41(22-26)27-5-10-35(11-6-27)12-14-36-15-13-35/h2-4,19-22,27-28,36H,5-18,23H2,1H3. The van der Waals surface area contributed by atoms with Crippen LogP contribution < -0.4 is 5.32 Å². The van der Waals surface area contributed by atoms with E-state index < -0.39 is 0 Å². The van der Waals surface area contributed by atoms with Crippen LogP contribution in [0.5, 0.6) is 0 Å². The van der Waals surface area contributed by atoms with Crippen molar-refractivity contribution in [3.05, 3.63) is 54.1 Å². The van der Waals surface area contributed by atoms with Crippen molar-refractivity contribution in [1.82, 2.24) is 34.8 Å². The molecule has 1 spiro atoms. The van der Waals surface area contributed by atoms with Crippen LogP contribution in [0.15, 0.2) is 42.9 Å². The fraction of sp³-hybridized carbons (Fsp3) is 0.543. The van der Waals surface area contributed by atoms with Crippen LogP contribution in [0.1, 0.15) is 81.6 Å². The first kappa shape index (κ1) is 28.0. The lowest BCUT2D eigenvalue weighted by Gasteiger charge is -2.43. The highest BCUT2D eigenvalue weighted by atomic mass is 16.5. The highest BCUT2D eigenvalue weighted by molar-refractivity contribution is 5.97. The average molecular weight is 594 g/mol. The zero-order valence-corrected chi connectivity index (χ0v) is 25.8. The summed E-state index contributed by atoms with van der Waals surface area (Å²) in [5, 5.41) is 15.9. The van der Waals surface area contributed by atoms with Gasteiger partial charge in [0.1, 0.15) is 0 Å². The second-order valence-electron chi connectivity index (χ2n) is 13.5. The second-order valence-corrected chi connectivity index (χ2v) is 13.5. The van der Waals surface area contributed by atoms with Gasteiger partial charge in [0.05, 0.1) is 29.7 Å². The molecule has 1 amide bonds. The number of hydrogen-bond acceptors (Lipinski definition) is 6. The van der Waals surface area contributed by atoms with Crippen molar-refractivity contribution in [3.63, 3.8) is 0 Å². The molecular formula is C35H43N7O2. The maximum absolute atomic E-state index is 12.4. The van der Waals surface area contributed by atoms with Crippen molar-refractivity contribution in [3.8, 4) is 22.5 Å². The van der Waals surface area contributed by atoms with E-state index in [1.807, 2.05) is 17.3 Å². The van der Waals surface area contributed by atoms with Crippen molar-refractivity contribution in [1.29, 1.82) is 0 Å². The molecule has 3 aromatic heterocycles. The van der Waals surface area contributed by atoms with Crippen molar-refractivity contribution in [2.75, 3.05) is 32.8 Å². The first-order valence-electron chi connectivity index (χ1n) is 16.6. The van der Waals surface area contributed by atoms with Gasteiger partial charge < -0.3 is 15.0 Å². The van der Waals surface area contributed by atoms with E-state index in [1.54, 1.807) is 6.92 Å². The van der Waals surface area contributed by atoms with E-state index in [2.05, 4.69) is 45.1 Å². The molecule has 2 saturated heterocycles. The fourth-order valence-corrected chi connectivity index (χ4v) is 8.31. The summed E-state index contributed by atoms with van der Waals surface area (Å²) in [5.74, 6) is 0.115.